The predicted molar refractivity (Wildman–Crippen MR) is 75.6 cm³/mol. The maximum Gasteiger partial charge on any atom is 0.349 e. The van der Waals surface area contributed by atoms with E-state index in [0.29, 0.717) is 6.54 Å². The Kier molecular flexibility index (Phi) is 3.38. The molecule has 2 aromatic heterocycles. The van der Waals surface area contributed by atoms with E-state index in [2.05, 4.69) is 9.97 Å². The van der Waals surface area contributed by atoms with Crippen molar-refractivity contribution >= 4 is 11.8 Å². The number of rotatable bonds is 3. The molecule has 2 aromatic rings. The zero-order valence-electron chi connectivity index (χ0n) is 10.8. The van der Waals surface area contributed by atoms with Gasteiger partial charge in [-0.05, 0) is 43.2 Å². The van der Waals surface area contributed by atoms with E-state index < -0.39 is 0 Å². The molecule has 0 atom stereocenters. The number of hydrogen-bond acceptors (Lipinski definition) is 4. The van der Waals surface area contributed by atoms with Gasteiger partial charge in [-0.2, -0.15) is 4.98 Å². The highest BCUT2D eigenvalue weighted by Gasteiger charge is 2.21. The first-order valence-corrected chi connectivity index (χ1v) is 7.57. The third-order valence-electron chi connectivity index (χ3n) is 3.48. The normalized spacial score (nSPS) is 13.5. The van der Waals surface area contributed by atoms with Crippen molar-refractivity contribution in [3.8, 4) is 0 Å². The summed E-state index contributed by atoms with van der Waals surface area (Å²) in [6.45, 7) is 0.589. The Morgan fingerprint density at radius 2 is 2.11 bits per heavy atom. The minimum Gasteiger partial charge on any atom is -0.292 e. The number of nitrogens with zero attached hydrogens (tertiary/aromatic N) is 3. The Morgan fingerprint density at radius 3 is 2.84 bits per heavy atom. The van der Waals surface area contributed by atoms with Crippen molar-refractivity contribution in [3.05, 3.63) is 51.8 Å². The Balaban J connectivity index is 2.07. The molecule has 0 fully saturated rings. The van der Waals surface area contributed by atoms with Gasteiger partial charge in [-0.1, -0.05) is 0 Å². The second kappa shape index (κ2) is 5.17. The second-order valence-electron chi connectivity index (χ2n) is 4.62. The van der Waals surface area contributed by atoms with Crippen molar-refractivity contribution in [2.24, 2.45) is 0 Å². The van der Waals surface area contributed by atoms with Crippen LogP contribution in [-0.4, -0.2) is 20.8 Å². The lowest BCUT2D eigenvalue weighted by Gasteiger charge is -2.13. The highest BCUT2D eigenvalue weighted by molar-refractivity contribution is 7.98. The molecule has 0 radical (unpaired) electrons. The maximum atomic E-state index is 12.2. The Morgan fingerprint density at radius 1 is 1.32 bits per heavy atom. The van der Waals surface area contributed by atoms with Crippen molar-refractivity contribution in [2.45, 2.75) is 30.8 Å². The number of pyridine rings is 1. The fraction of sp³-hybridized carbons (Fsp3) is 0.357. The summed E-state index contributed by atoms with van der Waals surface area (Å²) in [5, 5.41) is 0.906. The second-order valence-corrected chi connectivity index (χ2v) is 5.42. The Bertz CT molecular complexity index is 652. The molecule has 2 heterocycles. The third-order valence-corrected chi connectivity index (χ3v) is 4.21. The molecule has 5 heteroatoms. The maximum absolute atomic E-state index is 12.2. The predicted octanol–water partition coefficient (Wildman–Crippen LogP) is 1.90. The summed E-state index contributed by atoms with van der Waals surface area (Å²) >= 11 is 1.57. The number of fused-ring (bicyclic) bond motifs is 1. The van der Waals surface area contributed by atoms with E-state index >= 15 is 0 Å². The summed E-state index contributed by atoms with van der Waals surface area (Å²) in [5.74, 6) is 0. The quantitative estimate of drug-likeness (QED) is 0.633. The van der Waals surface area contributed by atoms with Crippen molar-refractivity contribution < 1.29 is 0 Å². The van der Waals surface area contributed by atoms with Crippen LogP contribution in [0.5, 0.6) is 0 Å². The van der Waals surface area contributed by atoms with Crippen molar-refractivity contribution in [1.82, 2.24) is 14.5 Å². The van der Waals surface area contributed by atoms with Gasteiger partial charge in [-0.15, -0.1) is 11.8 Å². The van der Waals surface area contributed by atoms with Crippen molar-refractivity contribution in [2.75, 3.05) is 6.26 Å². The van der Waals surface area contributed by atoms with Crippen LogP contribution in [0.1, 0.15) is 23.2 Å². The largest absolute Gasteiger partial charge is 0.349 e. The zero-order chi connectivity index (χ0) is 13.2. The van der Waals surface area contributed by atoms with Gasteiger partial charge in [0.05, 0.1) is 6.54 Å². The lowest BCUT2D eigenvalue weighted by molar-refractivity contribution is 0.666. The molecule has 0 bridgehead atoms. The molecule has 0 amide bonds. The van der Waals surface area contributed by atoms with Crippen LogP contribution in [0, 0.1) is 0 Å². The molecule has 1 aliphatic carbocycles. The molecule has 0 unspecified atom stereocenters. The molecule has 3 rings (SSSR count). The van der Waals surface area contributed by atoms with Gasteiger partial charge >= 0.3 is 5.69 Å². The summed E-state index contributed by atoms with van der Waals surface area (Å²) in [6, 6.07) is 3.88. The van der Waals surface area contributed by atoms with Gasteiger partial charge < -0.3 is 0 Å². The smallest absolute Gasteiger partial charge is 0.292 e. The summed E-state index contributed by atoms with van der Waals surface area (Å²) in [4.78, 5) is 20.4. The van der Waals surface area contributed by atoms with Gasteiger partial charge in [-0.25, -0.2) is 4.79 Å². The first kappa shape index (κ1) is 12.4. The molecule has 0 aliphatic heterocycles. The van der Waals surface area contributed by atoms with E-state index in [4.69, 9.17) is 0 Å². The average molecular weight is 273 g/mol. The third kappa shape index (κ3) is 2.30. The first-order chi connectivity index (χ1) is 9.29. The fourth-order valence-electron chi connectivity index (χ4n) is 2.59. The molecule has 0 saturated carbocycles. The van der Waals surface area contributed by atoms with Gasteiger partial charge in [-0.3, -0.25) is 9.55 Å². The number of hydrogen-bond donors (Lipinski definition) is 0. The SMILES string of the molecule is CSc1nc(=O)n(Cc2ccncc2)c2c1CCC2. The molecule has 4 nitrogen and oxygen atoms in total. The summed E-state index contributed by atoms with van der Waals surface area (Å²) in [5.41, 5.74) is 3.38. The standard InChI is InChI=1S/C14H15N3OS/c1-19-13-11-3-2-4-12(11)17(14(18)16-13)9-10-5-7-15-8-6-10/h5-8H,2-4,9H2,1H3. The molecule has 0 spiro atoms. The number of thioether (sulfide) groups is 1. The van der Waals surface area contributed by atoms with Crippen LogP contribution in [0.4, 0.5) is 0 Å². The van der Waals surface area contributed by atoms with E-state index in [9.17, 15) is 4.79 Å². The lowest BCUT2D eigenvalue weighted by Crippen LogP contribution is -2.27. The molecule has 0 N–H and O–H groups in total. The minimum atomic E-state index is -0.137. The van der Waals surface area contributed by atoms with Gasteiger partial charge in [0.15, 0.2) is 0 Å². The van der Waals surface area contributed by atoms with Crippen LogP contribution >= 0.6 is 11.8 Å². The Hall–Kier alpha value is -1.62. The van der Waals surface area contributed by atoms with Gasteiger partial charge in [0, 0.05) is 23.7 Å². The molecule has 19 heavy (non-hydrogen) atoms. The number of aromatic nitrogens is 3. The molecule has 98 valence electrons. The van der Waals surface area contributed by atoms with Gasteiger partial charge in [0.25, 0.3) is 0 Å². The van der Waals surface area contributed by atoms with E-state index in [-0.39, 0.29) is 5.69 Å². The van der Waals surface area contributed by atoms with Crippen molar-refractivity contribution in [3.63, 3.8) is 0 Å². The zero-order valence-corrected chi connectivity index (χ0v) is 11.6. The minimum absolute atomic E-state index is 0.137. The van der Waals surface area contributed by atoms with Gasteiger partial charge in [0.2, 0.25) is 0 Å². The summed E-state index contributed by atoms with van der Waals surface area (Å²) in [6.07, 6.45) is 8.62. The summed E-state index contributed by atoms with van der Waals surface area (Å²) < 4.78 is 1.82. The monoisotopic (exact) mass is 273 g/mol. The first-order valence-electron chi connectivity index (χ1n) is 6.35. The van der Waals surface area contributed by atoms with Crippen LogP contribution < -0.4 is 5.69 Å². The van der Waals surface area contributed by atoms with Crippen LogP contribution in [0.15, 0.2) is 34.3 Å². The van der Waals surface area contributed by atoms with E-state index in [1.807, 2.05) is 23.0 Å². The van der Waals surface area contributed by atoms with E-state index in [0.717, 1.165) is 29.9 Å². The van der Waals surface area contributed by atoms with E-state index in [1.54, 1.807) is 24.2 Å². The Labute approximate surface area is 115 Å². The average Bonchev–Trinajstić information content (AvgIpc) is 2.92. The van der Waals surface area contributed by atoms with Crippen LogP contribution in [-0.2, 0) is 19.4 Å². The van der Waals surface area contributed by atoms with Crippen LogP contribution in [0.2, 0.25) is 0 Å². The lowest BCUT2D eigenvalue weighted by atomic mass is 10.2. The van der Waals surface area contributed by atoms with Crippen LogP contribution in [0.25, 0.3) is 0 Å². The molecule has 1 aliphatic rings. The highest BCUT2D eigenvalue weighted by Crippen LogP contribution is 2.27. The van der Waals surface area contributed by atoms with E-state index in [1.165, 1.54) is 11.3 Å². The molecule has 0 saturated heterocycles. The highest BCUT2D eigenvalue weighted by atomic mass is 32.2. The topological polar surface area (TPSA) is 47.8 Å². The summed E-state index contributed by atoms with van der Waals surface area (Å²) in [7, 11) is 0. The van der Waals surface area contributed by atoms with Gasteiger partial charge in [0.1, 0.15) is 5.03 Å². The molecule has 0 aromatic carbocycles. The molecular weight excluding hydrogens is 258 g/mol. The molecular formula is C14H15N3OS. The van der Waals surface area contributed by atoms with Crippen molar-refractivity contribution in [1.29, 1.82) is 0 Å². The fourth-order valence-corrected chi connectivity index (χ4v) is 3.22. The van der Waals surface area contributed by atoms with Crippen LogP contribution in [0.3, 0.4) is 0 Å².